The molecule has 0 aromatic heterocycles. The molecule has 0 aliphatic heterocycles. The Balaban J connectivity index is 2.09. The average molecular weight is 585 g/mol. The van der Waals surface area contributed by atoms with Gasteiger partial charge in [0.05, 0.1) is 36.9 Å². The summed E-state index contributed by atoms with van der Waals surface area (Å²) in [7, 11) is -1.86. The summed E-state index contributed by atoms with van der Waals surface area (Å²) in [5.41, 5.74) is 7.56. The molecule has 0 fully saturated rings. The molecule has 0 radical (unpaired) electrons. The predicted octanol–water partition coefficient (Wildman–Crippen LogP) is 4.49. The van der Waals surface area contributed by atoms with Crippen molar-refractivity contribution in [3.63, 3.8) is 0 Å². The summed E-state index contributed by atoms with van der Waals surface area (Å²) in [6.07, 6.45) is 0. The maximum absolute atomic E-state index is 12.3. The first kappa shape index (κ1) is 30.3. The highest BCUT2D eigenvalue weighted by atomic mass is 32.2. The van der Waals surface area contributed by atoms with E-state index in [0.717, 1.165) is 12.1 Å². The monoisotopic (exact) mass is 584 g/mol. The number of methoxy groups -OCH3 is 2. The van der Waals surface area contributed by atoms with Crippen molar-refractivity contribution in [2.24, 2.45) is 25.9 Å². The first-order valence-electron chi connectivity index (χ1n) is 11.8. The molecule has 0 unspecified atom stereocenters. The Morgan fingerprint density at radius 1 is 1.07 bits per heavy atom. The summed E-state index contributed by atoms with van der Waals surface area (Å²) in [4.78, 5) is 21.1. The molecule has 3 aromatic carbocycles. The van der Waals surface area contributed by atoms with Gasteiger partial charge in [-0.15, -0.1) is 22.9 Å². The second kappa shape index (κ2) is 13.7. The highest BCUT2D eigenvalue weighted by Crippen LogP contribution is 2.38. The summed E-state index contributed by atoms with van der Waals surface area (Å²) in [6.45, 7) is 2.14. The van der Waals surface area contributed by atoms with Gasteiger partial charge in [-0.05, 0) is 42.8 Å². The lowest BCUT2D eigenvalue weighted by Gasteiger charge is -2.13. The van der Waals surface area contributed by atoms with Gasteiger partial charge >= 0.3 is 5.97 Å². The van der Waals surface area contributed by atoms with Gasteiger partial charge in [0.1, 0.15) is 5.69 Å². The fraction of sp³-hybridized carbons (Fsp3) is 0.192. The van der Waals surface area contributed by atoms with Crippen LogP contribution in [0.2, 0.25) is 0 Å². The summed E-state index contributed by atoms with van der Waals surface area (Å²) >= 11 is 4.44. The molecule has 0 amide bonds. The summed E-state index contributed by atoms with van der Waals surface area (Å²) in [5.74, 6) is -0.0159. The van der Waals surface area contributed by atoms with E-state index < -0.39 is 21.0 Å². The van der Waals surface area contributed by atoms with Gasteiger partial charge in [-0.25, -0.2) is 4.79 Å². The van der Waals surface area contributed by atoms with Crippen molar-refractivity contribution in [3.8, 4) is 5.75 Å². The van der Waals surface area contributed by atoms with E-state index in [-0.39, 0.29) is 29.5 Å². The second-order valence-electron chi connectivity index (χ2n) is 8.02. The quantitative estimate of drug-likeness (QED) is 0.0709. The fourth-order valence-electron chi connectivity index (χ4n) is 3.53. The van der Waals surface area contributed by atoms with Crippen LogP contribution in [0.1, 0.15) is 28.4 Å². The number of anilines is 1. The van der Waals surface area contributed by atoms with Crippen LogP contribution >= 0.6 is 12.6 Å². The number of nitrogens with one attached hydrogen (secondary N) is 1. The molecule has 0 bridgehead atoms. The minimum atomic E-state index is -4.53. The maximum Gasteiger partial charge on any atom is 0.338 e. The van der Waals surface area contributed by atoms with E-state index in [0.29, 0.717) is 34.1 Å². The van der Waals surface area contributed by atoms with Gasteiger partial charge in [0.2, 0.25) is 0 Å². The maximum atomic E-state index is 12.3. The van der Waals surface area contributed by atoms with Crippen molar-refractivity contribution in [1.82, 2.24) is 0 Å². The number of azo groups is 1. The van der Waals surface area contributed by atoms with Crippen LogP contribution < -0.4 is 15.8 Å². The van der Waals surface area contributed by atoms with Crippen LogP contribution in [0.15, 0.2) is 90.7 Å². The number of ether oxygens (including phenoxy) is 2. The number of nitrogens with zero attached hydrogens (tertiary/aromatic N) is 4. The molecule has 0 saturated heterocycles. The molecule has 0 aliphatic rings. The topological polar surface area (TPSA) is 177 Å². The van der Waals surface area contributed by atoms with Crippen molar-refractivity contribution in [1.29, 1.82) is 0 Å². The highest BCUT2D eigenvalue weighted by molar-refractivity contribution is 7.85. The molecule has 210 valence electrons. The average Bonchev–Trinajstić information content (AvgIpc) is 2.92. The number of hydrogen-bond donors (Lipinski definition) is 4. The number of guanidine groups is 1. The summed E-state index contributed by atoms with van der Waals surface area (Å²) < 4.78 is 43.3. The number of carbonyl (C=O) groups is 1. The van der Waals surface area contributed by atoms with Gasteiger partial charge in [0.15, 0.2) is 17.5 Å². The molecule has 14 heteroatoms. The van der Waals surface area contributed by atoms with Crippen LogP contribution in [0.25, 0.3) is 0 Å². The Kier molecular flexibility index (Phi) is 10.4. The zero-order chi connectivity index (χ0) is 29.3. The van der Waals surface area contributed by atoms with Crippen LogP contribution in [-0.4, -0.2) is 51.5 Å². The second-order valence-corrected chi connectivity index (χ2v) is 9.96. The third-order valence-electron chi connectivity index (χ3n) is 5.31. The van der Waals surface area contributed by atoms with Gasteiger partial charge in [0.25, 0.3) is 10.1 Å². The predicted molar refractivity (Wildman–Crippen MR) is 155 cm³/mol. The number of esters is 1. The van der Waals surface area contributed by atoms with Gasteiger partial charge in [-0.3, -0.25) is 14.5 Å². The third-order valence-corrected chi connectivity index (χ3v) is 6.42. The van der Waals surface area contributed by atoms with Crippen molar-refractivity contribution in [2.45, 2.75) is 23.3 Å². The molecular formula is C26H28N6O6S2. The van der Waals surface area contributed by atoms with Crippen molar-refractivity contribution in [2.75, 3.05) is 26.1 Å². The lowest BCUT2D eigenvalue weighted by molar-refractivity contribution is 0.0599. The molecule has 3 aromatic rings. The standard InChI is InChI=1S/C26H28N6O6S2/c1-4-28-26(27)30-21-13-18(39)14-22(23(21)37-2)31-32-24(16-8-6-5-7-9-16)29-15-17-12-19(40(34,35)36)10-11-20(17)25(33)38-3/h5-14,39H,4,15H2,1-3H3,(H3,27,28,30)(H,34,35,36). The number of benzene rings is 3. The fourth-order valence-corrected chi connectivity index (χ4v) is 4.31. The molecule has 40 heavy (non-hydrogen) atoms. The van der Waals surface area contributed by atoms with Crippen molar-refractivity contribution < 1.29 is 27.2 Å². The summed E-state index contributed by atoms with van der Waals surface area (Å²) in [6, 6.07) is 15.7. The summed E-state index contributed by atoms with van der Waals surface area (Å²) in [5, 5.41) is 11.6. The molecule has 3 rings (SSSR count). The van der Waals surface area contributed by atoms with E-state index in [1.54, 1.807) is 36.4 Å². The number of thiol groups is 1. The molecule has 0 atom stereocenters. The van der Waals surface area contributed by atoms with E-state index >= 15 is 0 Å². The van der Waals surface area contributed by atoms with E-state index in [4.69, 9.17) is 15.2 Å². The van der Waals surface area contributed by atoms with Crippen LogP contribution in [-0.2, 0) is 21.4 Å². The number of hydrogen-bond acceptors (Lipinski definition) is 9. The normalized spacial score (nSPS) is 12.4. The van der Waals surface area contributed by atoms with E-state index in [2.05, 4.69) is 38.2 Å². The lowest BCUT2D eigenvalue weighted by atomic mass is 10.1. The molecular weight excluding hydrogens is 556 g/mol. The number of carbonyl (C=O) groups excluding carboxylic acids is 1. The zero-order valence-electron chi connectivity index (χ0n) is 21.9. The number of amidine groups is 1. The number of aliphatic imine (C=N–C) groups is 2. The first-order chi connectivity index (χ1) is 19.1. The number of nitrogens with two attached hydrogens (primary N) is 1. The highest BCUT2D eigenvalue weighted by Gasteiger charge is 2.18. The lowest BCUT2D eigenvalue weighted by Crippen LogP contribution is -2.23. The molecule has 4 N–H and O–H groups in total. The Labute approximate surface area is 237 Å². The van der Waals surface area contributed by atoms with E-state index in [1.807, 2.05) is 13.0 Å². The van der Waals surface area contributed by atoms with Gasteiger partial charge < -0.3 is 20.5 Å². The molecule has 0 saturated carbocycles. The van der Waals surface area contributed by atoms with Crippen LogP contribution in [0.4, 0.5) is 11.4 Å². The Hall–Kier alpha value is -4.27. The largest absolute Gasteiger partial charge is 0.492 e. The minimum absolute atomic E-state index is 0.0782. The smallest absolute Gasteiger partial charge is 0.338 e. The first-order valence-corrected chi connectivity index (χ1v) is 13.6. The van der Waals surface area contributed by atoms with E-state index in [1.165, 1.54) is 20.3 Å². The van der Waals surface area contributed by atoms with Crippen molar-refractivity contribution in [3.05, 3.63) is 77.4 Å². The van der Waals surface area contributed by atoms with E-state index in [9.17, 15) is 17.8 Å². The molecule has 0 aliphatic carbocycles. The molecule has 12 nitrogen and oxygen atoms in total. The Morgan fingerprint density at radius 3 is 2.42 bits per heavy atom. The van der Waals surface area contributed by atoms with Gasteiger partial charge in [0, 0.05) is 17.0 Å². The SMILES string of the molecule is CCN=C(N)Nc1cc(S)cc(N=NC(=NCc2cc(S(=O)(=O)O)ccc2C(=O)OC)c2ccccc2)c1OC. The molecule has 0 spiro atoms. The number of rotatable bonds is 9. The Morgan fingerprint density at radius 2 is 1.80 bits per heavy atom. The van der Waals surface area contributed by atoms with Crippen LogP contribution in [0.3, 0.4) is 0 Å². The zero-order valence-corrected chi connectivity index (χ0v) is 23.6. The van der Waals surface area contributed by atoms with Gasteiger partial charge in [-0.1, -0.05) is 30.3 Å². The molecule has 0 heterocycles. The Bertz CT molecular complexity index is 1570. The third kappa shape index (κ3) is 7.88. The van der Waals surface area contributed by atoms with Gasteiger partial charge in [-0.2, -0.15) is 8.42 Å². The van der Waals surface area contributed by atoms with Crippen molar-refractivity contribution >= 4 is 51.9 Å². The van der Waals surface area contributed by atoms with Crippen LogP contribution in [0, 0.1) is 0 Å². The van der Waals surface area contributed by atoms with Crippen LogP contribution in [0.5, 0.6) is 5.75 Å². The minimum Gasteiger partial charge on any atom is -0.492 e.